The van der Waals surface area contributed by atoms with E-state index in [0.29, 0.717) is 12.0 Å². The first-order valence-electron chi connectivity index (χ1n) is 9.18. The van der Waals surface area contributed by atoms with Gasteiger partial charge in [0.2, 0.25) is 0 Å². The lowest BCUT2D eigenvalue weighted by Crippen LogP contribution is -2.58. The van der Waals surface area contributed by atoms with Gasteiger partial charge in [-0.15, -0.1) is 0 Å². The maximum Gasteiger partial charge on any atom is 0.322 e. The summed E-state index contributed by atoms with van der Waals surface area (Å²) in [5.74, 6) is 0.428. The zero-order valence-corrected chi connectivity index (χ0v) is 15.0. The standard InChI is InChI=1S/C21H24N2O2/c1-20(2)15-11-12-21(3,25-20)18-17(15)23(18)19(24)22-16-10-6-8-13-7-4-5-9-14(13)16/h4-10,15,17-18H,11-12H2,1-3H3,(H,22,24)/t15-,17+,18-,21-,23?/m0/s1. The van der Waals surface area contributed by atoms with Crippen LogP contribution < -0.4 is 5.32 Å². The summed E-state index contributed by atoms with van der Waals surface area (Å²) < 4.78 is 6.39. The molecule has 3 saturated heterocycles. The number of nitrogens with one attached hydrogen (secondary N) is 1. The molecule has 4 aliphatic rings. The molecule has 4 heteroatoms. The molecule has 6 rings (SSSR count). The lowest BCUT2D eigenvalue weighted by molar-refractivity contribution is -0.214. The minimum absolute atomic E-state index is 0.00535. The third kappa shape index (κ3) is 2.07. The number of likely N-dealkylation sites (tertiary alicyclic amines) is 1. The van der Waals surface area contributed by atoms with Crippen LogP contribution in [0.2, 0.25) is 0 Å². The normalized spacial score (nSPS) is 34.7. The molecule has 25 heavy (non-hydrogen) atoms. The highest BCUT2D eigenvalue weighted by atomic mass is 16.5. The lowest BCUT2D eigenvalue weighted by Gasteiger charge is -2.51. The second-order valence-electron chi connectivity index (χ2n) is 8.46. The number of hydrogen-bond donors (Lipinski definition) is 1. The maximum absolute atomic E-state index is 13.0. The van der Waals surface area contributed by atoms with Gasteiger partial charge in [-0.2, -0.15) is 0 Å². The van der Waals surface area contributed by atoms with E-state index in [0.717, 1.165) is 29.3 Å². The summed E-state index contributed by atoms with van der Waals surface area (Å²) in [6, 6.07) is 14.7. The van der Waals surface area contributed by atoms with E-state index < -0.39 is 0 Å². The highest BCUT2D eigenvalue weighted by Gasteiger charge is 2.72. The van der Waals surface area contributed by atoms with Crippen molar-refractivity contribution in [3.63, 3.8) is 0 Å². The monoisotopic (exact) mass is 336 g/mol. The summed E-state index contributed by atoms with van der Waals surface area (Å²) in [5.41, 5.74) is 0.520. The van der Waals surface area contributed by atoms with E-state index in [9.17, 15) is 4.79 Å². The van der Waals surface area contributed by atoms with Crippen molar-refractivity contribution in [2.45, 2.75) is 56.9 Å². The van der Waals surface area contributed by atoms with Crippen molar-refractivity contribution in [1.82, 2.24) is 4.90 Å². The van der Waals surface area contributed by atoms with Gasteiger partial charge >= 0.3 is 6.03 Å². The molecular formula is C21H24N2O2. The highest BCUT2D eigenvalue weighted by molar-refractivity contribution is 6.02. The van der Waals surface area contributed by atoms with Crippen molar-refractivity contribution in [3.8, 4) is 0 Å². The van der Waals surface area contributed by atoms with Gasteiger partial charge in [0.15, 0.2) is 0 Å². The SMILES string of the molecule is CC1(C)O[C@@]2(C)CC[C@H]1[C@@H]1[C@@H]2N1C(=O)Nc1cccc2ccccc12. The van der Waals surface area contributed by atoms with Gasteiger partial charge in [0.25, 0.3) is 0 Å². The Morgan fingerprint density at radius 3 is 2.72 bits per heavy atom. The second kappa shape index (κ2) is 4.76. The van der Waals surface area contributed by atoms with Gasteiger partial charge in [-0.25, -0.2) is 4.79 Å². The molecular weight excluding hydrogens is 312 g/mol. The number of benzene rings is 2. The summed E-state index contributed by atoms with van der Waals surface area (Å²) in [6.07, 6.45) is 2.18. The van der Waals surface area contributed by atoms with E-state index in [2.05, 4.69) is 44.3 Å². The van der Waals surface area contributed by atoms with E-state index in [1.807, 2.05) is 29.2 Å². The van der Waals surface area contributed by atoms with Crippen molar-refractivity contribution in [1.29, 1.82) is 0 Å². The molecule has 0 aromatic heterocycles. The number of urea groups is 1. The molecule has 4 nitrogen and oxygen atoms in total. The number of carbonyl (C=O) groups excluding carboxylic acids is 1. The molecule has 2 aromatic carbocycles. The number of anilines is 1. The number of rotatable bonds is 1. The predicted molar refractivity (Wildman–Crippen MR) is 98.7 cm³/mol. The first-order valence-corrected chi connectivity index (χ1v) is 9.18. The van der Waals surface area contributed by atoms with Crippen LogP contribution in [0.15, 0.2) is 42.5 Å². The van der Waals surface area contributed by atoms with Gasteiger partial charge in [-0.1, -0.05) is 36.4 Å². The van der Waals surface area contributed by atoms with E-state index in [4.69, 9.17) is 4.74 Å². The largest absolute Gasteiger partial charge is 0.367 e. The summed E-state index contributed by atoms with van der Waals surface area (Å²) >= 11 is 0. The van der Waals surface area contributed by atoms with Crippen LogP contribution in [0.3, 0.4) is 0 Å². The van der Waals surface area contributed by atoms with Crippen LogP contribution in [0, 0.1) is 5.92 Å². The van der Waals surface area contributed by atoms with Gasteiger partial charge in [0.05, 0.1) is 29.0 Å². The molecule has 4 fully saturated rings. The molecule has 2 bridgehead atoms. The number of carbonyl (C=O) groups is 1. The molecule has 2 aromatic rings. The highest BCUT2D eigenvalue weighted by Crippen LogP contribution is 2.60. The Kier molecular flexibility index (Phi) is 2.89. The Labute approximate surface area is 148 Å². The first kappa shape index (κ1) is 15.2. The Morgan fingerprint density at radius 2 is 1.92 bits per heavy atom. The Morgan fingerprint density at radius 1 is 1.16 bits per heavy atom. The van der Waals surface area contributed by atoms with Crippen molar-refractivity contribution in [2.24, 2.45) is 5.92 Å². The minimum Gasteiger partial charge on any atom is -0.367 e. The molecule has 2 amide bonds. The average Bonchev–Trinajstić information content (AvgIpc) is 3.31. The molecule has 4 atom stereocenters. The summed E-state index contributed by atoms with van der Waals surface area (Å²) in [6.45, 7) is 6.52. The number of fused-ring (bicyclic) bond motifs is 3. The molecule has 1 saturated carbocycles. The molecule has 3 heterocycles. The zero-order chi connectivity index (χ0) is 17.4. The second-order valence-corrected chi connectivity index (χ2v) is 8.46. The third-order valence-electron chi connectivity index (χ3n) is 6.50. The minimum atomic E-state index is -0.209. The molecule has 1 N–H and O–H groups in total. The molecule has 1 aliphatic carbocycles. The number of hydrogen-bond acceptors (Lipinski definition) is 2. The number of ether oxygens (including phenoxy) is 1. The van der Waals surface area contributed by atoms with Crippen LogP contribution in [0.1, 0.15) is 33.6 Å². The molecule has 130 valence electrons. The fourth-order valence-electron chi connectivity index (χ4n) is 5.40. The molecule has 3 aliphatic heterocycles. The summed E-state index contributed by atoms with van der Waals surface area (Å²) in [4.78, 5) is 15.0. The fraction of sp³-hybridized carbons (Fsp3) is 0.476. The Balaban J connectivity index is 1.43. The average molecular weight is 336 g/mol. The third-order valence-corrected chi connectivity index (χ3v) is 6.50. The molecule has 0 radical (unpaired) electrons. The smallest absolute Gasteiger partial charge is 0.322 e. The topological polar surface area (TPSA) is 41.3 Å². The predicted octanol–water partition coefficient (Wildman–Crippen LogP) is 4.40. The van der Waals surface area contributed by atoms with Gasteiger partial charge in [-0.05, 0) is 45.1 Å². The molecule has 0 unspecified atom stereocenters. The lowest BCUT2D eigenvalue weighted by atomic mass is 9.69. The van der Waals surface area contributed by atoms with Crippen LogP contribution >= 0.6 is 0 Å². The Hall–Kier alpha value is -2.07. The van der Waals surface area contributed by atoms with Gasteiger partial charge in [0.1, 0.15) is 0 Å². The van der Waals surface area contributed by atoms with E-state index >= 15 is 0 Å². The van der Waals surface area contributed by atoms with Crippen molar-refractivity contribution in [2.75, 3.05) is 5.32 Å². The first-order chi connectivity index (χ1) is 11.9. The van der Waals surface area contributed by atoms with E-state index in [-0.39, 0.29) is 23.3 Å². The Bertz CT molecular complexity index is 872. The van der Waals surface area contributed by atoms with Gasteiger partial charge in [0, 0.05) is 11.3 Å². The van der Waals surface area contributed by atoms with Crippen LogP contribution in [0.5, 0.6) is 0 Å². The van der Waals surface area contributed by atoms with Crippen LogP contribution in [0.4, 0.5) is 10.5 Å². The number of amides is 2. The van der Waals surface area contributed by atoms with Crippen LogP contribution in [-0.4, -0.2) is 34.2 Å². The van der Waals surface area contributed by atoms with Crippen LogP contribution in [-0.2, 0) is 4.74 Å². The van der Waals surface area contributed by atoms with Crippen molar-refractivity contribution >= 4 is 22.5 Å². The van der Waals surface area contributed by atoms with E-state index in [1.54, 1.807) is 0 Å². The van der Waals surface area contributed by atoms with E-state index in [1.165, 1.54) is 0 Å². The van der Waals surface area contributed by atoms with Gasteiger partial charge in [-0.3, -0.25) is 0 Å². The van der Waals surface area contributed by atoms with Crippen LogP contribution in [0.25, 0.3) is 10.8 Å². The number of nitrogens with zero attached hydrogens (tertiary/aromatic N) is 1. The van der Waals surface area contributed by atoms with Crippen molar-refractivity contribution < 1.29 is 9.53 Å². The molecule has 0 spiro atoms. The summed E-state index contributed by atoms with van der Waals surface area (Å²) in [5, 5.41) is 5.36. The maximum atomic E-state index is 13.0. The van der Waals surface area contributed by atoms with Gasteiger partial charge < -0.3 is 15.0 Å². The van der Waals surface area contributed by atoms with Crippen molar-refractivity contribution in [3.05, 3.63) is 42.5 Å². The quantitative estimate of drug-likeness (QED) is 0.784. The summed E-state index contributed by atoms with van der Waals surface area (Å²) in [7, 11) is 0. The zero-order valence-electron chi connectivity index (χ0n) is 15.0. The fourth-order valence-corrected chi connectivity index (χ4v) is 5.40.